The molecule has 1 atom stereocenters. The maximum atomic E-state index is 10.5. The summed E-state index contributed by atoms with van der Waals surface area (Å²) in [4.78, 5) is 8.66. The SMILES string of the molecule is O=[PH](O)OCCCNCc1ccc(OCCCCCc2ccccc2)c2c1CCC2. The van der Waals surface area contributed by atoms with Crippen LogP contribution in [-0.4, -0.2) is 24.7 Å². The van der Waals surface area contributed by atoms with Gasteiger partial charge in [0.25, 0.3) is 0 Å². The van der Waals surface area contributed by atoms with Crippen LogP contribution in [0, 0.1) is 0 Å². The van der Waals surface area contributed by atoms with E-state index in [1.54, 1.807) is 0 Å². The summed E-state index contributed by atoms with van der Waals surface area (Å²) in [6, 6.07) is 15.0. The Balaban J connectivity index is 1.37. The minimum absolute atomic E-state index is 0.317. The fourth-order valence-electron chi connectivity index (χ4n) is 4.06. The number of hydrogen-bond acceptors (Lipinski definition) is 4. The summed E-state index contributed by atoms with van der Waals surface area (Å²) < 4.78 is 21.4. The van der Waals surface area contributed by atoms with E-state index in [2.05, 4.69) is 47.8 Å². The van der Waals surface area contributed by atoms with Crippen molar-refractivity contribution in [2.75, 3.05) is 19.8 Å². The molecule has 0 bridgehead atoms. The molecule has 1 unspecified atom stereocenters. The van der Waals surface area contributed by atoms with Gasteiger partial charge in [0.05, 0.1) is 13.2 Å². The lowest BCUT2D eigenvalue weighted by Gasteiger charge is -2.15. The largest absolute Gasteiger partial charge is 0.493 e. The lowest BCUT2D eigenvalue weighted by Crippen LogP contribution is -2.17. The molecule has 0 saturated carbocycles. The van der Waals surface area contributed by atoms with Crippen molar-refractivity contribution in [2.45, 2.75) is 57.9 Å². The Hall–Kier alpha value is -1.65. The van der Waals surface area contributed by atoms with Gasteiger partial charge in [-0.15, -0.1) is 0 Å². The molecule has 6 heteroatoms. The third kappa shape index (κ3) is 7.55. The van der Waals surface area contributed by atoms with Gasteiger partial charge in [-0.3, -0.25) is 4.57 Å². The van der Waals surface area contributed by atoms with Crippen LogP contribution in [0.2, 0.25) is 0 Å². The van der Waals surface area contributed by atoms with E-state index in [0.29, 0.717) is 6.61 Å². The lowest BCUT2D eigenvalue weighted by atomic mass is 10.0. The van der Waals surface area contributed by atoms with E-state index < -0.39 is 8.25 Å². The number of unbranched alkanes of at least 4 members (excludes halogenated alkanes) is 2. The minimum atomic E-state index is -2.80. The zero-order valence-electron chi connectivity index (χ0n) is 17.7. The van der Waals surface area contributed by atoms with E-state index in [4.69, 9.17) is 14.2 Å². The van der Waals surface area contributed by atoms with Crippen LogP contribution in [0.15, 0.2) is 42.5 Å². The van der Waals surface area contributed by atoms with Gasteiger partial charge in [-0.2, -0.15) is 0 Å². The topological polar surface area (TPSA) is 67.8 Å². The van der Waals surface area contributed by atoms with Crippen molar-refractivity contribution >= 4 is 8.25 Å². The molecule has 0 saturated heterocycles. The molecule has 0 fully saturated rings. The van der Waals surface area contributed by atoms with Crippen molar-refractivity contribution in [3.8, 4) is 5.75 Å². The van der Waals surface area contributed by atoms with Crippen LogP contribution in [0.5, 0.6) is 5.75 Å². The van der Waals surface area contributed by atoms with Crippen LogP contribution in [0.4, 0.5) is 0 Å². The van der Waals surface area contributed by atoms with Crippen molar-refractivity contribution in [2.24, 2.45) is 0 Å². The number of ether oxygens (including phenoxy) is 1. The maximum absolute atomic E-state index is 10.5. The Bertz CT molecular complexity index is 797. The van der Waals surface area contributed by atoms with Gasteiger partial charge in [-0.05, 0) is 86.2 Å². The molecular weight excluding hydrogens is 397 g/mol. The summed E-state index contributed by atoms with van der Waals surface area (Å²) in [5.41, 5.74) is 5.59. The fraction of sp³-hybridized carbons (Fsp3) is 0.500. The molecule has 0 aromatic heterocycles. The highest BCUT2D eigenvalue weighted by Crippen LogP contribution is 2.33. The van der Waals surface area contributed by atoms with Crippen molar-refractivity contribution in [1.82, 2.24) is 5.32 Å². The molecule has 0 spiro atoms. The maximum Gasteiger partial charge on any atom is 0.316 e. The highest BCUT2D eigenvalue weighted by molar-refractivity contribution is 7.32. The molecule has 0 heterocycles. The Labute approximate surface area is 180 Å². The number of aryl methyl sites for hydroxylation is 1. The summed E-state index contributed by atoms with van der Waals surface area (Å²) in [5.74, 6) is 1.07. The number of fused-ring (bicyclic) bond motifs is 1. The highest BCUT2D eigenvalue weighted by atomic mass is 31.1. The van der Waals surface area contributed by atoms with Gasteiger partial charge in [0.1, 0.15) is 5.75 Å². The van der Waals surface area contributed by atoms with E-state index in [1.807, 2.05) is 0 Å². The summed E-state index contributed by atoms with van der Waals surface area (Å²) in [5, 5.41) is 3.41. The third-order valence-electron chi connectivity index (χ3n) is 5.59. The molecule has 0 aliphatic heterocycles. The molecule has 2 aromatic carbocycles. The Kier molecular flexibility index (Phi) is 9.91. The Morgan fingerprint density at radius 2 is 1.77 bits per heavy atom. The molecule has 30 heavy (non-hydrogen) atoms. The van der Waals surface area contributed by atoms with Crippen LogP contribution in [0.1, 0.15) is 54.4 Å². The van der Waals surface area contributed by atoms with Crippen LogP contribution in [-0.2, 0) is 34.9 Å². The molecule has 0 amide bonds. The van der Waals surface area contributed by atoms with E-state index in [-0.39, 0.29) is 0 Å². The first-order chi connectivity index (χ1) is 14.7. The predicted molar refractivity (Wildman–Crippen MR) is 121 cm³/mol. The van der Waals surface area contributed by atoms with Gasteiger partial charge in [0, 0.05) is 6.54 Å². The van der Waals surface area contributed by atoms with Crippen LogP contribution < -0.4 is 10.1 Å². The highest BCUT2D eigenvalue weighted by Gasteiger charge is 2.19. The van der Waals surface area contributed by atoms with Gasteiger partial charge in [0.15, 0.2) is 0 Å². The first-order valence-corrected chi connectivity index (χ1v) is 12.4. The molecule has 2 N–H and O–H groups in total. The molecule has 1 aliphatic rings. The van der Waals surface area contributed by atoms with E-state index >= 15 is 0 Å². The first-order valence-electron chi connectivity index (χ1n) is 11.1. The van der Waals surface area contributed by atoms with Crippen LogP contribution in [0.3, 0.4) is 0 Å². The molecular formula is C24H34NO4P. The fourth-order valence-corrected chi connectivity index (χ4v) is 4.38. The smallest absolute Gasteiger partial charge is 0.316 e. The van der Waals surface area contributed by atoms with E-state index in [1.165, 1.54) is 41.5 Å². The number of hydrogen-bond donors (Lipinski definition) is 2. The van der Waals surface area contributed by atoms with Gasteiger partial charge >= 0.3 is 8.25 Å². The second-order valence-electron chi connectivity index (χ2n) is 7.82. The minimum Gasteiger partial charge on any atom is -0.493 e. The number of nitrogens with one attached hydrogen (secondary N) is 1. The third-order valence-corrected chi connectivity index (χ3v) is 6.04. The molecule has 5 nitrogen and oxygen atoms in total. The molecule has 164 valence electrons. The zero-order valence-corrected chi connectivity index (χ0v) is 18.7. The average molecular weight is 432 g/mol. The number of benzene rings is 2. The molecule has 1 aliphatic carbocycles. The van der Waals surface area contributed by atoms with Crippen molar-refractivity contribution < 1.29 is 18.7 Å². The first kappa shape index (κ1) is 23.0. The van der Waals surface area contributed by atoms with Gasteiger partial charge in [-0.25, -0.2) is 0 Å². The summed E-state index contributed by atoms with van der Waals surface area (Å²) >= 11 is 0. The van der Waals surface area contributed by atoms with Crippen LogP contribution in [0.25, 0.3) is 0 Å². The summed E-state index contributed by atoms with van der Waals surface area (Å²) in [7, 11) is -2.80. The monoisotopic (exact) mass is 431 g/mol. The number of rotatable bonds is 14. The predicted octanol–water partition coefficient (Wildman–Crippen LogP) is 4.85. The van der Waals surface area contributed by atoms with E-state index in [0.717, 1.165) is 57.6 Å². The van der Waals surface area contributed by atoms with Crippen LogP contribution >= 0.6 is 8.25 Å². The zero-order chi connectivity index (χ0) is 21.0. The van der Waals surface area contributed by atoms with Gasteiger partial charge in [0.2, 0.25) is 0 Å². The second kappa shape index (κ2) is 12.9. The molecule has 3 rings (SSSR count). The quantitative estimate of drug-likeness (QED) is 0.331. The van der Waals surface area contributed by atoms with Crippen molar-refractivity contribution in [1.29, 1.82) is 0 Å². The average Bonchev–Trinajstić information content (AvgIpc) is 3.25. The van der Waals surface area contributed by atoms with Crippen molar-refractivity contribution in [3.63, 3.8) is 0 Å². The summed E-state index contributed by atoms with van der Waals surface area (Å²) in [6.45, 7) is 2.69. The summed E-state index contributed by atoms with van der Waals surface area (Å²) in [6.07, 6.45) is 8.77. The Morgan fingerprint density at radius 1 is 0.933 bits per heavy atom. The normalized spacial score (nSPS) is 13.9. The molecule has 0 radical (unpaired) electrons. The van der Waals surface area contributed by atoms with Gasteiger partial charge in [-0.1, -0.05) is 36.4 Å². The van der Waals surface area contributed by atoms with Crippen molar-refractivity contribution in [3.05, 3.63) is 64.7 Å². The van der Waals surface area contributed by atoms with Gasteiger partial charge < -0.3 is 19.5 Å². The van der Waals surface area contributed by atoms with E-state index in [9.17, 15) is 4.57 Å². The standard InChI is InChI=1S/C24H34NO4P/c26-30(27)29-18-8-16-25-19-21-14-15-24(23-13-7-12-22(21)23)28-17-6-2-5-11-20-9-3-1-4-10-20/h1,3-4,9-10,14-15,25,30H,2,5-8,11-13,16-19H2,(H,26,27). The lowest BCUT2D eigenvalue weighted by molar-refractivity contribution is 0.276. The Morgan fingerprint density at radius 3 is 2.60 bits per heavy atom. The molecule has 2 aromatic rings. The second-order valence-corrected chi connectivity index (χ2v) is 8.64.